The van der Waals surface area contributed by atoms with Gasteiger partial charge in [-0.15, -0.1) is 24.0 Å². The molecule has 1 N–H and O–H groups in total. The van der Waals surface area contributed by atoms with Gasteiger partial charge in [0.1, 0.15) is 0 Å². The first kappa shape index (κ1) is 22.2. The molecule has 2 aromatic carbocycles. The number of imidazole rings is 1. The van der Waals surface area contributed by atoms with E-state index in [9.17, 15) is 0 Å². The second kappa shape index (κ2) is 11.1. The molecule has 0 unspecified atom stereocenters. The van der Waals surface area contributed by atoms with Crippen molar-refractivity contribution in [3.8, 4) is 0 Å². The summed E-state index contributed by atoms with van der Waals surface area (Å²) in [6, 6.07) is 16.5. The van der Waals surface area contributed by atoms with Crippen molar-refractivity contribution in [2.45, 2.75) is 19.6 Å². The molecule has 28 heavy (non-hydrogen) atoms. The fraction of sp³-hybridized carbons (Fsp3) is 0.238. The molecule has 0 atom stereocenters. The summed E-state index contributed by atoms with van der Waals surface area (Å²) in [6.07, 6.45) is 5.59. The van der Waals surface area contributed by atoms with E-state index in [1.165, 1.54) is 16.7 Å². The van der Waals surface area contributed by atoms with Crippen LogP contribution in [0.4, 0.5) is 0 Å². The molecule has 1 heterocycles. The van der Waals surface area contributed by atoms with Crippen LogP contribution in [0.1, 0.15) is 16.7 Å². The molecule has 0 bridgehead atoms. The molecule has 0 saturated carbocycles. The van der Waals surface area contributed by atoms with E-state index >= 15 is 0 Å². The van der Waals surface area contributed by atoms with Crippen LogP contribution in [0.2, 0.25) is 5.02 Å². The van der Waals surface area contributed by atoms with Crippen molar-refractivity contribution in [3.05, 3.63) is 89.0 Å². The normalized spacial score (nSPS) is 11.0. The molecule has 0 saturated heterocycles. The highest BCUT2D eigenvalue weighted by atomic mass is 127. The standard InChI is InChI=1S/C21H24ClN5.HI/c1-23-21(26(2)14-18-7-9-20(22)10-8-18)25-13-17-3-5-19(6-4-17)15-27-12-11-24-16-27;/h3-12,16H,13-15H2,1-2H3,(H,23,25);1H. The first-order chi connectivity index (χ1) is 13.1. The van der Waals surface area contributed by atoms with Crippen molar-refractivity contribution in [2.24, 2.45) is 4.99 Å². The summed E-state index contributed by atoms with van der Waals surface area (Å²) in [5, 5.41) is 4.17. The van der Waals surface area contributed by atoms with Crippen LogP contribution in [0.3, 0.4) is 0 Å². The highest BCUT2D eigenvalue weighted by molar-refractivity contribution is 14.0. The van der Waals surface area contributed by atoms with Crippen LogP contribution in [0.25, 0.3) is 0 Å². The maximum Gasteiger partial charge on any atom is 0.193 e. The zero-order valence-electron chi connectivity index (χ0n) is 16.0. The second-order valence-electron chi connectivity index (χ2n) is 6.43. The molecular weight excluding hydrogens is 485 g/mol. The third-order valence-corrected chi connectivity index (χ3v) is 4.56. The highest BCUT2D eigenvalue weighted by Gasteiger charge is 2.07. The molecule has 5 nitrogen and oxygen atoms in total. The van der Waals surface area contributed by atoms with Crippen molar-refractivity contribution in [1.82, 2.24) is 19.8 Å². The van der Waals surface area contributed by atoms with Gasteiger partial charge in [0.25, 0.3) is 0 Å². The van der Waals surface area contributed by atoms with E-state index in [4.69, 9.17) is 11.6 Å². The largest absolute Gasteiger partial charge is 0.352 e. The van der Waals surface area contributed by atoms with E-state index in [0.29, 0.717) is 0 Å². The first-order valence-electron chi connectivity index (χ1n) is 8.84. The van der Waals surface area contributed by atoms with Crippen LogP contribution in [-0.2, 0) is 19.6 Å². The molecule has 0 radical (unpaired) electrons. The van der Waals surface area contributed by atoms with Gasteiger partial charge in [-0.05, 0) is 28.8 Å². The number of aliphatic imine (C=N–C) groups is 1. The Kier molecular flexibility index (Phi) is 8.79. The van der Waals surface area contributed by atoms with Gasteiger partial charge in [-0.2, -0.15) is 0 Å². The smallest absolute Gasteiger partial charge is 0.193 e. The van der Waals surface area contributed by atoms with Gasteiger partial charge in [-0.3, -0.25) is 4.99 Å². The van der Waals surface area contributed by atoms with Crippen molar-refractivity contribution in [2.75, 3.05) is 14.1 Å². The molecule has 0 aliphatic rings. The Balaban J connectivity index is 0.00000280. The average molecular weight is 510 g/mol. The minimum atomic E-state index is 0. The Bertz CT molecular complexity index is 861. The number of guanidine groups is 1. The number of hydrogen-bond acceptors (Lipinski definition) is 2. The Morgan fingerprint density at radius 1 is 1.07 bits per heavy atom. The molecule has 1 aromatic heterocycles. The van der Waals surface area contributed by atoms with Gasteiger partial charge in [0, 0.05) is 51.1 Å². The Morgan fingerprint density at radius 3 is 2.32 bits per heavy atom. The maximum atomic E-state index is 5.95. The van der Waals surface area contributed by atoms with E-state index in [2.05, 4.69) is 49.0 Å². The monoisotopic (exact) mass is 509 g/mol. The number of aromatic nitrogens is 2. The summed E-state index contributed by atoms with van der Waals surface area (Å²) in [5.74, 6) is 0.854. The lowest BCUT2D eigenvalue weighted by atomic mass is 10.1. The molecule has 0 spiro atoms. The molecule has 3 aromatic rings. The summed E-state index contributed by atoms with van der Waals surface area (Å²) in [7, 11) is 3.83. The third kappa shape index (κ3) is 6.53. The van der Waals surface area contributed by atoms with Crippen LogP contribution in [0.15, 0.2) is 72.2 Å². The summed E-state index contributed by atoms with van der Waals surface area (Å²) in [6.45, 7) is 2.32. The van der Waals surface area contributed by atoms with Crippen LogP contribution in [0.5, 0.6) is 0 Å². The lowest BCUT2D eigenvalue weighted by molar-refractivity contribution is 0.476. The fourth-order valence-electron chi connectivity index (χ4n) is 2.86. The zero-order chi connectivity index (χ0) is 19.1. The predicted molar refractivity (Wildman–Crippen MR) is 126 cm³/mol. The Morgan fingerprint density at radius 2 is 1.71 bits per heavy atom. The van der Waals surface area contributed by atoms with Gasteiger partial charge in [-0.1, -0.05) is 48.0 Å². The highest BCUT2D eigenvalue weighted by Crippen LogP contribution is 2.11. The summed E-state index contributed by atoms with van der Waals surface area (Å²) in [4.78, 5) is 10.5. The fourth-order valence-corrected chi connectivity index (χ4v) is 2.98. The molecule has 148 valence electrons. The lowest BCUT2D eigenvalue weighted by Crippen LogP contribution is -2.38. The summed E-state index contributed by atoms with van der Waals surface area (Å²) < 4.78 is 2.06. The van der Waals surface area contributed by atoms with Crippen LogP contribution >= 0.6 is 35.6 Å². The van der Waals surface area contributed by atoms with E-state index < -0.39 is 0 Å². The van der Waals surface area contributed by atoms with Gasteiger partial charge in [-0.25, -0.2) is 4.98 Å². The number of nitrogens with zero attached hydrogens (tertiary/aromatic N) is 4. The number of halogens is 2. The predicted octanol–water partition coefficient (Wildman–Crippen LogP) is 4.41. The molecule has 3 rings (SSSR count). The van der Waals surface area contributed by atoms with E-state index in [1.54, 1.807) is 13.2 Å². The van der Waals surface area contributed by atoms with Crippen LogP contribution in [0, 0.1) is 0 Å². The minimum Gasteiger partial charge on any atom is -0.352 e. The molecule has 0 aliphatic carbocycles. The third-order valence-electron chi connectivity index (χ3n) is 4.30. The van der Waals surface area contributed by atoms with E-state index in [0.717, 1.165) is 30.6 Å². The zero-order valence-corrected chi connectivity index (χ0v) is 19.1. The molecule has 0 fully saturated rings. The van der Waals surface area contributed by atoms with E-state index in [-0.39, 0.29) is 24.0 Å². The average Bonchev–Trinajstić information content (AvgIpc) is 3.18. The number of nitrogens with one attached hydrogen (secondary N) is 1. The molecular formula is C21H25ClIN5. The quantitative estimate of drug-likeness (QED) is 0.304. The van der Waals surface area contributed by atoms with Gasteiger partial charge in [0.15, 0.2) is 5.96 Å². The molecule has 0 aliphatic heterocycles. The first-order valence-corrected chi connectivity index (χ1v) is 9.21. The molecule has 0 amide bonds. The minimum absolute atomic E-state index is 0. The number of benzene rings is 2. The van der Waals surface area contributed by atoms with Crippen molar-refractivity contribution >= 4 is 41.5 Å². The maximum absolute atomic E-state index is 5.95. The summed E-state index contributed by atoms with van der Waals surface area (Å²) >= 11 is 5.95. The van der Waals surface area contributed by atoms with Gasteiger partial charge in [0.2, 0.25) is 0 Å². The van der Waals surface area contributed by atoms with Gasteiger partial charge < -0.3 is 14.8 Å². The Hall–Kier alpha value is -2.06. The SMILES string of the molecule is CN=C(NCc1ccc(Cn2ccnc2)cc1)N(C)Cc1ccc(Cl)cc1.I. The summed E-state index contributed by atoms with van der Waals surface area (Å²) in [5.41, 5.74) is 3.65. The number of hydrogen-bond donors (Lipinski definition) is 1. The Labute approximate surface area is 188 Å². The topological polar surface area (TPSA) is 45.5 Å². The molecule has 7 heteroatoms. The second-order valence-corrected chi connectivity index (χ2v) is 6.87. The van der Waals surface area contributed by atoms with Crippen molar-refractivity contribution in [1.29, 1.82) is 0 Å². The van der Waals surface area contributed by atoms with Crippen LogP contribution in [-0.4, -0.2) is 34.5 Å². The van der Waals surface area contributed by atoms with Crippen molar-refractivity contribution < 1.29 is 0 Å². The van der Waals surface area contributed by atoms with E-state index in [1.807, 2.05) is 43.8 Å². The number of rotatable bonds is 6. The van der Waals surface area contributed by atoms with Gasteiger partial charge >= 0.3 is 0 Å². The lowest BCUT2D eigenvalue weighted by Gasteiger charge is -2.22. The van der Waals surface area contributed by atoms with Crippen molar-refractivity contribution in [3.63, 3.8) is 0 Å². The van der Waals surface area contributed by atoms with Crippen LogP contribution < -0.4 is 5.32 Å². The van der Waals surface area contributed by atoms with Gasteiger partial charge in [0.05, 0.1) is 6.33 Å².